The van der Waals surface area contributed by atoms with Crippen LogP contribution in [0.5, 0.6) is 0 Å². The van der Waals surface area contributed by atoms with E-state index in [4.69, 9.17) is 0 Å². The lowest BCUT2D eigenvalue weighted by molar-refractivity contribution is -0.384. The third kappa shape index (κ3) is 2.84. The average molecular weight is 355 g/mol. The lowest BCUT2D eigenvalue weighted by atomic mass is 9.93. The summed E-state index contributed by atoms with van der Waals surface area (Å²) in [5, 5.41) is 12.3. The quantitative estimate of drug-likeness (QED) is 0.452. The molecule has 0 radical (unpaired) electrons. The van der Waals surface area contributed by atoms with Crippen LogP contribution in [-0.4, -0.2) is 52.2 Å². The van der Waals surface area contributed by atoms with Gasteiger partial charge in [-0.15, -0.1) is 0 Å². The summed E-state index contributed by atoms with van der Waals surface area (Å²) in [7, 11) is 0. The van der Waals surface area contributed by atoms with Gasteiger partial charge in [-0.3, -0.25) is 29.5 Å². The minimum atomic E-state index is -0.519. The first-order valence-corrected chi connectivity index (χ1v) is 8.70. The number of carbonyl (C=O) groups is 2. The highest BCUT2D eigenvalue weighted by atomic mass is 16.6. The monoisotopic (exact) mass is 355 g/mol. The maximum absolute atomic E-state index is 13.0. The van der Waals surface area contributed by atoms with Gasteiger partial charge in [0.05, 0.1) is 10.5 Å². The van der Waals surface area contributed by atoms with Gasteiger partial charge in [-0.2, -0.15) is 0 Å². The van der Waals surface area contributed by atoms with Gasteiger partial charge in [0.25, 0.3) is 17.5 Å². The van der Waals surface area contributed by atoms with Gasteiger partial charge in [0.2, 0.25) is 0 Å². The van der Waals surface area contributed by atoms with Crippen LogP contribution in [0.25, 0.3) is 10.8 Å². The molecule has 2 amide bonds. The van der Waals surface area contributed by atoms with Crippen molar-refractivity contribution < 1.29 is 14.5 Å². The zero-order valence-electron chi connectivity index (χ0n) is 15.1. The van der Waals surface area contributed by atoms with Crippen LogP contribution in [0.1, 0.15) is 41.5 Å². The maximum Gasteiger partial charge on any atom is 0.270 e. The van der Waals surface area contributed by atoms with Crippen LogP contribution in [0.2, 0.25) is 0 Å². The Morgan fingerprint density at radius 2 is 1.77 bits per heavy atom. The molecule has 7 heteroatoms. The number of non-ortho nitro benzene ring substituents is 1. The van der Waals surface area contributed by atoms with Crippen molar-refractivity contribution in [3.63, 3.8) is 0 Å². The molecular weight excluding hydrogens is 334 g/mol. The first-order chi connectivity index (χ1) is 12.4. The molecule has 1 heterocycles. The Bertz CT molecular complexity index is 905. The van der Waals surface area contributed by atoms with Gasteiger partial charge in [-0.05, 0) is 31.5 Å². The maximum atomic E-state index is 13.0. The number of rotatable bonds is 6. The van der Waals surface area contributed by atoms with E-state index >= 15 is 0 Å². The van der Waals surface area contributed by atoms with E-state index in [0.717, 1.165) is 13.1 Å². The van der Waals surface area contributed by atoms with Crippen molar-refractivity contribution in [2.24, 2.45) is 0 Å². The molecule has 2 aromatic carbocycles. The van der Waals surface area contributed by atoms with Crippen molar-refractivity contribution in [2.75, 3.05) is 19.6 Å². The smallest absolute Gasteiger partial charge is 0.270 e. The Balaban J connectivity index is 2.09. The molecule has 1 aliphatic heterocycles. The van der Waals surface area contributed by atoms with Crippen LogP contribution in [0.3, 0.4) is 0 Å². The zero-order chi connectivity index (χ0) is 19.0. The second kappa shape index (κ2) is 6.84. The largest absolute Gasteiger partial charge is 0.299 e. The summed E-state index contributed by atoms with van der Waals surface area (Å²) in [5.74, 6) is -0.817. The van der Waals surface area contributed by atoms with E-state index in [2.05, 4.69) is 4.90 Å². The van der Waals surface area contributed by atoms with E-state index in [-0.39, 0.29) is 29.7 Å². The molecule has 2 aromatic rings. The van der Waals surface area contributed by atoms with Gasteiger partial charge in [0.1, 0.15) is 0 Å². The Kier molecular flexibility index (Phi) is 4.73. The number of likely N-dealkylation sites (N-methyl/N-ethyl adjacent to an activating group) is 1. The molecule has 136 valence electrons. The first kappa shape index (κ1) is 18.0. The highest BCUT2D eigenvalue weighted by Gasteiger charge is 2.35. The number of benzene rings is 2. The minimum Gasteiger partial charge on any atom is -0.299 e. The van der Waals surface area contributed by atoms with Crippen molar-refractivity contribution >= 4 is 28.3 Å². The summed E-state index contributed by atoms with van der Waals surface area (Å²) >= 11 is 0. The summed E-state index contributed by atoms with van der Waals surface area (Å²) in [6.45, 7) is 7.89. The average Bonchev–Trinajstić information content (AvgIpc) is 2.63. The fraction of sp³-hybridized carbons (Fsp3) is 0.368. The molecule has 0 saturated carbocycles. The van der Waals surface area contributed by atoms with Crippen LogP contribution in [0.4, 0.5) is 5.69 Å². The molecule has 0 spiro atoms. The van der Waals surface area contributed by atoms with E-state index in [1.165, 1.54) is 17.0 Å². The number of nitro groups is 1. The molecule has 0 aliphatic carbocycles. The highest BCUT2D eigenvalue weighted by Crippen LogP contribution is 2.33. The Labute approximate surface area is 151 Å². The molecule has 3 rings (SSSR count). The van der Waals surface area contributed by atoms with Gasteiger partial charge in [0.15, 0.2) is 0 Å². The zero-order valence-corrected chi connectivity index (χ0v) is 15.1. The predicted octanol–water partition coefficient (Wildman–Crippen LogP) is 3.07. The summed E-state index contributed by atoms with van der Waals surface area (Å²) < 4.78 is 0. The third-order valence-corrected chi connectivity index (χ3v) is 5.01. The number of hydrogen-bond acceptors (Lipinski definition) is 5. The normalized spacial score (nSPS) is 15.0. The second-order valence-corrected chi connectivity index (χ2v) is 6.45. The molecule has 1 atom stereocenters. The fourth-order valence-electron chi connectivity index (χ4n) is 3.64. The second-order valence-electron chi connectivity index (χ2n) is 6.45. The number of amides is 2. The van der Waals surface area contributed by atoms with Crippen molar-refractivity contribution in [2.45, 2.75) is 26.8 Å². The van der Waals surface area contributed by atoms with Gasteiger partial charge in [-0.25, -0.2) is 0 Å². The first-order valence-electron chi connectivity index (χ1n) is 8.70. The Morgan fingerprint density at radius 1 is 1.12 bits per heavy atom. The standard InChI is InChI=1S/C19H21N3O4/c1-4-20(5-2)12(3)11-21-18(23)15-8-6-7-13-9-14(22(25)26)10-16(17(13)15)19(21)24/h6-10,12H,4-5,11H2,1-3H3. The molecule has 0 N–H and O–H groups in total. The number of carbonyl (C=O) groups excluding carboxylic acids is 2. The van der Waals surface area contributed by atoms with E-state index in [1.807, 2.05) is 20.8 Å². The van der Waals surface area contributed by atoms with Crippen molar-refractivity contribution in [3.05, 3.63) is 51.6 Å². The predicted molar refractivity (Wildman–Crippen MR) is 98.4 cm³/mol. The Hall–Kier alpha value is -2.80. The van der Waals surface area contributed by atoms with Crippen molar-refractivity contribution in [1.29, 1.82) is 0 Å². The molecule has 1 aliphatic rings. The lowest BCUT2D eigenvalue weighted by Crippen LogP contribution is -2.48. The number of nitro benzene ring substituents is 1. The van der Waals surface area contributed by atoms with E-state index < -0.39 is 10.8 Å². The van der Waals surface area contributed by atoms with Gasteiger partial charge >= 0.3 is 0 Å². The third-order valence-electron chi connectivity index (χ3n) is 5.01. The van der Waals surface area contributed by atoms with Crippen molar-refractivity contribution in [3.8, 4) is 0 Å². The summed E-state index contributed by atoms with van der Waals surface area (Å²) in [4.78, 5) is 40.0. The molecule has 26 heavy (non-hydrogen) atoms. The summed E-state index contributed by atoms with van der Waals surface area (Å²) in [6, 6.07) is 7.71. The van der Waals surface area contributed by atoms with E-state index in [9.17, 15) is 19.7 Å². The highest BCUT2D eigenvalue weighted by molar-refractivity contribution is 6.25. The minimum absolute atomic E-state index is 0.00245. The number of nitrogens with zero attached hydrogens (tertiary/aromatic N) is 3. The van der Waals surface area contributed by atoms with Crippen molar-refractivity contribution in [1.82, 2.24) is 9.80 Å². The number of hydrogen-bond donors (Lipinski definition) is 0. The molecule has 1 unspecified atom stereocenters. The van der Waals surface area contributed by atoms with Crippen LogP contribution in [0.15, 0.2) is 30.3 Å². The van der Waals surface area contributed by atoms with Crippen LogP contribution < -0.4 is 0 Å². The molecule has 0 aromatic heterocycles. The lowest BCUT2D eigenvalue weighted by Gasteiger charge is -2.33. The van der Waals surface area contributed by atoms with Gasteiger partial charge in [0, 0.05) is 35.7 Å². The van der Waals surface area contributed by atoms with Crippen LogP contribution >= 0.6 is 0 Å². The number of imide groups is 1. The molecule has 7 nitrogen and oxygen atoms in total. The Morgan fingerprint density at radius 3 is 2.38 bits per heavy atom. The summed E-state index contributed by atoms with van der Waals surface area (Å²) in [5.41, 5.74) is 0.485. The van der Waals surface area contributed by atoms with Crippen LogP contribution in [0, 0.1) is 10.1 Å². The summed E-state index contributed by atoms with van der Waals surface area (Å²) in [6.07, 6.45) is 0. The SMILES string of the molecule is CCN(CC)C(C)CN1C(=O)c2cccc3cc([N+](=O)[O-])cc(c23)C1=O. The molecule has 0 saturated heterocycles. The van der Waals surface area contributed by atoms with E-state index in [1.54, 1.807) is 18.2 Å². The fourth-order valence-corrected chi connectivity index (χ4v) is 3.64. The topological polar surface area (TPSA) is 83.8 Å². The van der Waals surface area contributed by atoms with E-state index in [0.29, 0.717) is 16.3 Å². The molecular formula is C19H21N3O4. The van der Waals surface area contributed by atoms with Gasteiger partial charge < -0.3 is 0 Å². The van der Waals surface area contributed by atoms with Crippen LogP contribution in [-0.2, 0) is 0 Å². The molecule has 0 bridgehead atoms. The van der Waals surface area contributed by atoms with Gasteiger partial charge in [-0.1, -0.05) is 26.0 Å². The molecule has 0 fully saturated rings.